The summed E-state index contributed by atoms with van der Waals surface area (Å²) in [5.41, 5.74) is 1.28. The van der Waals surface area contributed by atoms with Gasteiger partial charge in [-0.2, -0.15) is 0 Å². The first-order chi connectivity index (χ1) is 11.2. The monoisotopic (exact) mass is 320 g/mol. The van der Waals surface area contributed by atoms with E-state index >= 15 is 0 Å². The molecule has 1 amide bonds. The Morgan fingerprint density at radius 3 is 2.96 bits per heavy atom. The van der Waals surface area contributed by atoms with Crippen molar-refractivity contribution in [3.05, 3.63) is 35.9 Å². The molecule has 1 aliphatic heterocycles. The summed E-state index contributed by atoms with van der Waals surface area (Å²) in [6.07, 6.45) is 2.29. The molecule has 1 aliphatic rings. The van der Waals surface area contributed by atoms with Crippen LogP contribution in [0.25, 0.3) is 0 Å². The van der Waals surface area contributed by atoms with E-state index in [2.05, 4.69) is 29.4 Å². The maximum Gasteiger partial charge on any atom is 0.220 e. The molecule has 1 saturated heterocycles. The molecule has 1 aromatic rings. The van der Waals surface area contributed by atoms with Gasteiger partial charge < -0.3 is 19.7 Å². The van der Waals surface area contributed by atoms with E-state index in [9.17, 15) is 4.79 Å². The minimum Gasteiger partial charge on any atom is -0.381 e. The predicted octanol–water partition coefficient (Wildman–Crippen LogP) is 1.47. The van der Waals surface area contributed by atoms with Crippen molar-refractivity contribution in [2.75, 3.05) is 46.5 Å². The third kappa shape index (κ3) is 7.59. The zero-order valence-electron chi connectivity index (χ0n) is 14.0. The standard InChI is InChI=1S/C18H28N2O3/c1-20-10-13-23-17(15-20)14-19-18(21)8-5-11-22-12-9-16-6-3-2-4-7-16/h2-4,6-7,17H,5,8-15H2,1H3,(H,19,21)/t17-/m0/s1. The van der Waals surface area contributed by atoms with Crippen molar-refractivity contribution >= 4 is 5.91 Å². The topological polar surface area (TPSA) is 50.8 Å². The highest BCUT2D eigenvalue weighted by atomic mass is 16.5. The molecule has 0 spiro atoms. The highest BCUT2D eigenvalue weighted by Gasteiger charge is 2.17. The molecule has 1 fully saturated rings. The second-order valence-electron chi connectivity index (χ2n) is 6.01. The van der Waals surface area contributed by atoms with Crippen LogP contribution in [0.1, 0.15) is 18.4 Å². The van der Waals surface area contributed by atoms with E-state index in [-0.39, 0.29) is 12.0 Å². The zero-order chi connectivity index (χ0) is 16.3. The van der Waals surface area contributed by atoms with Crippen LogP contribution in [0.2, 0.25) is 0 Å². The Morgan fingerprint density at radius 1 is 1.35 bits per heavy atom. The molecule has 1 heterocycles. The van der Waals surface area contributed by atoms with E-state index in [1.165, 1.54) is 5.56 Å². The Bertz CT molecular complexity index is 453. The smallest absolute Gasteiger partial charge is 0.220 e. The average Bonchev–Trinajstić information content (AvgIpc) is 2.57. The third-order valence-electron chi connectivity index (χ3n) is 3.94. The SMILES string of the molecule is CN1CCO[C@@H](CNC(=O)CCCOCCc2ccccc2)C1. The highest BCUT2D eigenvalue weighted by Crippen LogP contribution is 2.02. The summed E-state index contributed by atoms with van der Waals surface area (Å²) in [5.74, 6) is 0.0773. The summed E-state index contributed by atoms with van der Waals surface area (Å²) in [4.78, 5) is 14.0. The number of carbonyl (C=O) groups is 1. The maximum absolute atomic E-state index is 11.8. The van der Waals surface area contributed by atoms with Gasteiger partial charge in [0.05, 0.1) is 19.3 Å². The largest absolute Gasteiger partial charge is 0.381 e. The van der Waals surface area contributed by atoms with Crippen molar-refractivity contribution in [2.45, 2.75) is 25.4 Å². The molecule has 0 aliphatic carbocycles. The molecule has 128 valence electrons. The van der Waals surface area contributed by atoms with Gasteiger partial charge in [-0.1, -0.05) is 30.3 Å². The fourth-order valence-corrected chi connectivity index (χ4v) is 2.58. The van der Waals surface area contributed by atoms with Crippen molar-refractivity contribution in [1.29, 1.82) is 0 Å². The molecule has 1 N–H and O–H groups in total. The van der Waals surface area contributed by atoms with Gasteiger partial charge in [0.25, 0.3) is 0 Å². The van der Waals surface area contributed by atoms with Crippen LogP contribution in [0, 0.1) is 0 Å². The van der Waals surface area contributed by atoms with E-state index in [0.29, 0.717) is 26.2 Å². The molecule has 2 rings (SSSR count). The van der Waals surface area contributed by atoms with Crippen molar-refractivity contribution in [3.8, 4) is 0 Å². The van der Waals surface area contributed by atoms with Gasteiger partial charge in [0.1, 0.15) is 0 Å². The van der Waals surface area contributed by atoms with Crippen molar-refractivity contribution in [3.63, 3.8) is 0 Å². The van der Waals surface area contributed by atoms with Gasteiger partial charge in [0.15, 0.2) is 0 Å². The number of ether oxygens (including phenoxy) is 2. The van der Waals surface area contributed by atoms with Gasteiger partial charge in [-0.05, 0) is 25.5 Å². The van der Waals surface area contributed by atoms with Crippen LogP contribution in [0.15, 0.2) is 30.3 Å². The molecule has 5 nitrogen and oxygen atoms in total. The van der Waals surface area contributed by atoms with Crippen molar-refractivity contribution < 1.29 is 14.3 Å². The van der Waals surface area contributed by atoms with Crippen LogP contribution in [-0.4, -0.2) is 63.4 Å². The first-order valence-electron chi connectivity index (χ1n) is 8.42. The molecule has 0 aromatic heterocycles. The number of amides is 1. The maximum atomic E-state index is 11.8. The number of benzene rings is 1. The lowest BCUT2D eigenvalue weighted by Gasteiger charge is -2.30. The van der Waals surface area contributed by atoms with Gasteiger partial charge in [-0.25, -0.2) is 0 Å². The van der Waals surface area contributed by atoms with Gasteiger partial charge in [0, 0.05) is 32.7 Å². The van der Waals surface area contributed by atoms with Crippen molar-refractivity contribution in [1.82, 2.24) is 10.2 Å². The summed E-state index contributed by atoms with van der Waals surface area (Å²) in [6, 6.07) is 10.3. The quantitative estimate of drug-likeness (QED) is 0.700. The molecule has 0 unspecified atom stereocenters. The van der Waals surface area contributed by atoms with Gasteiger partial charge >= 0.3 is 0 Å². The molecule has 5 heteroatoms. The molecule has 23 heavy (non-hydrogen) atoms. The predicted molar refractivity (Wildman–Crippen MR) is 90.4 cm³/mol. The van der Waals surface area contributed by atoms with E-state index in [1.54, 1.807) is 0 Å². The second kappa shape index (κ2) is 10.4. The first kappa shape index (κ1) is 17.9. The number of morpholine rings is 1. The lowest BCUT2D eigenvalue weighted by Crippen LogP contribution is -2.45. The van der Waals surface area contributed by atoms with Crippen LogP contribution in [0.3, 0.4) is 0 Å². The van der Waals surface area contributed by atoms with Crippen LogP contribution in [-0.2, 0) is 20.7 Å². The fourth-order valence-electron chi connectivity index (χ4n) is 2.58. The summed E-state index contributed by atoms with van der Waals surface area (Å²) >= 11 is 0. The molecule has 0 saturated carbocycles. The number of nitrogens with one attached hydrogen (secondary N) is 1. The fraction of sp³-hybridized carbons (Fsp3) is 0.611. The Hall–Kier alpha value is -1.43. The average molecular weight is 320 g/mol. The molecule has 1 atom stereocenters. The van der Waals surface area contributed by atoms with Gasteiger partial charge in [-0.15, -0.1) is 0 Å². The summed E-state index contributed by atoms with van der Waals surface area (Å²) in [7, 11) is 2.07. The molecule has 1 aromatic carbocycles. The Balaban J connectivity index is 1.45. The lowest BCUT2D eigenvalue weighted by atomic mass is 10.2. The number of hydrogen-bond acceptors (Lipinski definition) is 4. The summed E-state index contributed by atoms with van der Waals surface area (Å²) in [6.45, 7) is 4.51. The number of nitrogens with zero attached hydrogens (tertiary/aromatic N) is 1. The van der Waals surface area contributed by atoms with Gasteiger partial charge in [0.2, 0.25) is 5.91 Å². The molecule has 0 bridgehead atoms. The van der Waals surface area contributed by atoms with E-state index in [4.69, 9.17) is 9.47 Å². The number of hydrogen-bond donors (Lipinski definition) is 1. The minimum atomic E-state index is 0.0773. The molecular formula is C18H28N2O3. The Labute approximate surface area is 139 Å². The van der Waals surface area contributed by atoms with Crippen molar-refractivity contribution in [2.24, 2.45) is 0 Å². The second-order valence-corrected chi connectivity index (χ2v) is 6.01. The van der Waals surface area contributed by atoms with E-state index < -0.39 is 0 Å². The van der Waals surface area contributed by atoms with E-state index in [1.807, 2.05) is 18.2 Å². The van der Waals surface area contributed by atoms with Crippen LogP contribution in [0.5, 0.6) is 0 Å². The highest BCUT2D eigenvalue weighted by molar-refractivity contribution is 5.75. The van der Waals surface area contributed by atoms with Gasteiger partial charge in [-0.3, -0.25) is 4.79 Å². The van der Waals surface area contributed by atoms with E-state index in [0.717, 1.165) is 32.5 Å². The van der Waals surface area contributed by atoms with Crippen LogP contribution in [0.4, 0.5) is 0 Å². The minimum absolute atomic E-state index is 0.0773. The summed E-state index contributed by atoms with van der Waals surface area (Å²) in [5, 5.41) is 2.94. The number of rotatable bonds is 9. The van der Waals surface area contributed by atoms with Crippen LogP contribution < -0.4 is 5.32 Å². The normalized spacial score (nSPS) is 18.7. The first-order valence-corrected chi connectivity index (χ1v) is 8.42. The zero-order valence-corrected chi connectivity index (χ0v) is 14.0. The Morgan fingerprint density at radius 2 is 2.17 bits per heavy atom. The molecule has 0 radical (unpaired) electrons. The van der Waals surface area contributed by atoms with Crippen LogP contribution >= 0.6 is 0 Å². The molecular weight excluding hydrogens is 292 g/mol. The lowest BCUT2D eigenvalue weighted by molar-refractivity contribution is -0.122. The third-order valence-corrected chi connectivity index (χ3v) is 3.94. The number of carbonyl (C=O) groups excluding carboxylic acids is 1. The number of likely N-dealkylation sites (N-methyl/N-ethyl adjacent to an activating group) is 1. The summed E-state index contributed by atoms with van der Waals surface area (Å²) < 4.78 is 11.2. The Kier molecular flexibility index (Phi) is 8.07.